The molecule has 0 saturated heterocycles. The number of primary amides is 1. The molecule has 0 aromatic heterocycles. The number of carbonyl (C=O) groups is 1. The van der Waals surface area contributed by atoms with Crippen molar-refractivity contribution in [2.45, 2.75) is 38.8 Å². The first kappa shape index (κ1) is 11.4. The van der Waals surface area contributed by atoms with Crippen molar-refractivity contribution in [3.05, 3.63) is 0 Å². The minimum atomic E-state index is -0.331. The van der Waals surface area contributed by atoms with Crippen LogP contribution >= 0.6 is 0 Å². The van der Waals surface area contributed by atoms with Gasteiger partial charge in [0, 0.05) is 12.6 Å². The summed E-state index contributed by atoms with van der Waals surface area (Å²) in [7, 11) is 0. The molecule has 0 heterocycles. The van der Waals surface area contributed by atoms with Crippen LogP contribution in [0.25, 0.3) is 0 Å². The van der Waals surface area contributed by atoms with E-state index in [0.29, 0.717) is 12.8 Å². The molecule has 0 radical (unpaired) electrons. The molecular formula is C8H18N2O2. The van der Waals surface area contributed by atoms with Gasteiger partial charge in [-0.1, -0.05) is 6.92 Å². The van der Waals surface area contributed by atoms with Crippen LogP contribution in [0.2, 0.25) is 0 Å². The van der Waals surface area contributed by atoms with Crippen LogP contribution in [0.1, 0.15) is 26.7 Å². The number of rotatable bonds is 6. The van der Waals surface area contributed by atoms with Crippen LogP contribution in [0.3, 0.4) is 0 Å². The van der Waals surface area contributed by atoms with Gasteiger partial charge in [-0.25, -0.2) is 0 Å². The Morgan fingerprint density at radius 3 is 2.58 bits per heavy atom. The van der Waals surface area contributed by atoms with Gasteiger partial charge in [0.2, 0.25) is 5.91 Å². The molecule has 1 amide bonds. The van der Waals surface area contributed by atoms with E-state index in [1.54, 1.807) is 0 Å². The van der Waals surface area contributed by atoms with E-state index >= 15 is 0 Å². The third-order valence-corrected chi connectivity index (χ3v) is 1.80. The Hall–Kier alpha value is -0.610. The van der Waals surface area contributed by atoms with Crippen LogP contribution in [-0.2, 0) is 4.79 Å². The molecule has 4 heteroatoms. The Balaban J connectivity index is 3.77. The van der Waals surface area contributed by atoms with Crippen molar-refractivity contribution in [2.24, 2.45) is 5.73 Å². The molecule has 0 aliphatic carbocycles. The van der Waals surface area contributed by atoms with Crippen LogP contribution < -0.4 is 11.1 Å². The van der Waals surface area contributed by atoms with Crippen LogP contribution in [0.4, 0.5) is 0 Å². The normalized spacial score (nSPS) is 15.6. The molecule has 0 aromatic rings. The predicted octanol–water partition coefficient (Wildman–Crippen LogP) is -0.389. The van der Waals surface area contributed by atoms with E-state index < -0.39 is 0 Å². The maximum absolute atomic E-state index is 10.8. The minimum Gasteiger partial charge on any atom is -0.396 e. The van der Waals surface area contributed by atoms with Crippen molar-refractivity contribution >= 4 is 5.91 Å². The number of carbonyl (C=O) groups excluding carboxylic acids is 1. The van der Waals surface area contributed by atoms with Gasteiger partial charge in [0.05, 0.1) is 6.04 Å². The minimum absolute atomic E-state index is 0.128. The van der Waals surface area contributed by atoms with Crippen molar-refractivity contribution in [3.8, 4) is 0 Å². The molecular weight excluding hydrogens is 156 g/mol. The molecule has 2 atom stereocenters. The second kappa shape index (κ2) is 5.97. The lowest BCUT2D eigenvalue weighted by Gasteiger charge is -2.18. The molecule has 0 aromatic carbocycles. The Kier molecular flexibility index (Phi) is 5.66. The lowest BCUT2D eigenvalue weighted by atomic mass is 10.1. The summed E-state index contributed by atoms with van der Waals surface area (Å²) >= 11 is 0. The summed E-state index contributed by atoms with van der Waals surface area (Å²) in [6.07, 6.45) is 1.33. The Morgan fingerprint density at radius 1 is 1.67 bits per heavy atom. The van der Waals surface area contributed by atoms with Gasteiger partial charge in [0.1, 0.15) is 0 Å². The highest BCUT2D eigenvalue weighted by Crippen LogP contribution is 1.95. The zero-order valence-electron chi connectivity index (χ0n) is 7.71. The molecule has 4 nitrogen and oxygen atoms in total. The van der Waals surface area contributed by atoms with Crippen LogP contribution in [0.5, 0.6) is 0 Å². The van der Waals surface area contributed by atoms with Crippen LogP contribution in [-0.4, -0.2) is 29.7 Å². The molecule has 4 N–H and O–H groups in total. The van der Waals surface area contributed by atoms with E-state index in [1.807, 2.05) is 13.8 Å². The first-order valence-corrected chi connectivity index (χ1v) is 4.28. The summed E-state index contributed by atoms with van der Waals surface area (Å²) < 4.78 is 0. The van der Waals surface area contributed by atoms with E-state index in [0.717, 1.165) is 0 Å². The van der Waals surface area contributed by atoms with Gasteiger partial charge in [-0.2, -0.15) is 0 Å². The average Bonchev–Trinajstić information content (AvgIpc) is 2.00. The molecule has 0 fully saturated rings. The smallest absolute Gasteiger partial charge is 0.234 e. The van der Waals surface area contributed by atoms with Crippen molar-refractivity contribution in [1.82, 2.24) is 5.32 Å². The third-order valence-electron chi connectivity index (χ3n) is 1.80. The van der Waals surface area contributed by atoms with Crippen LogP contribution in [0.15, 0.2) is 0 Å². The fourth-order valence-electron chi connectivity index (χ4n) is 1.02. The van der Waals surface area contributed by atoms with Crippen LogP contribution in [0, 0.1) is 0 Å². The zero-order chi connectivity index (χ0) is 9.56. The van der Waals surface area contributed by atoms with Crippen molar-refractivity contribution in [1.29, 1.82) is 0 Å². The summed E-state index contributed by atoms with van der Waals surface area (Å²) in [5, 5.41) is 11.6. The first-order valence-electron chi connectivity index (χ1n) is 4.28. The fourth-order valence-corrected chi connectivity index (χ4v) is 1.02. The first-order chi connectivity index (χ1) is 5.61. The van der Waals surface area contributed by atoms with E-state index in [-0.39, 0.29) is 24.6 Å². The van der Waals surface area contributed by atoms with Gasteiger partial charge in [0.25, 0.3) is 0 Å². The Morgan fingerprint density at radius 2 is 2.25 bits per heavy atom. The SMILES string of the molecule is CCC(NC(C)CCO)C(N)=O. The monoisotopic (exact) mass is 174 g/mol. The number of nitrogens with two attached hydrogens (primary N) is 1. The quantitative estimate of drug-likeness (QED) is 0.513. The summed E-state index contributed by atoms with van der Waals surface area (Å²) in [6.45, 7) is 3.94. The average molecular weight is 174 g/mol. The third kappa shape index (κ3) is 4.31. The molecule has 12 heavy (non-hydrogen) atoms. The number of hydrogen-bond acceptors (Lipinski definition) is 3. The molecule has 0 aliphatic heterocycles. The van der Waals surface area contributed by atoms with Crippen molar-refractivity contribution in [2.75, 3.05) is 6.61 Å². The standard InChI is InChI=1S/C8H18N2O2/c1-3-7(8(9)12)10-6(2)4-5-11/h6-7,10-11H,3-5H2,1-2H3,(H2,9,12). The molecule has 0 rings (SSSR count). The summed E-state index contributed by atoms with van der Waals surface area (Å²) in [6, 6.07) is -0.140. The summed E-state index contributed by atoms with van der Waals surface area (Å²) in [4.78, 5) is 10.8. The molecule has 72 valence electrons. The zero-order valence-corrected chi connectivity index (χ0v) is 7.71. The largest absolute Gasteiger partial charge is 0.396 e. The number of hydrogen-bond donors (Lipinski definition) is 3. The maximum atomic E-state index is 10.8. The van der Waals surface area contributed by atoms with Crippen molar-refractivity contribution < 1.29 is 9.90 Å². The number of aliphatic hydroxyl groups is 1. The second-order valence-corrected chi connectivity index (χ2v) is 2.94. The van der Waals surface area contributed by atoms with E-state index in [2.05, 4.69) is 5.32 Å². The fraction of sp³-hybridized carbons (Fsp3) is 0.875. The lowest BCUT2D eigenvalue weighted by molar-refractivity contribution is -0.120. The lowest BCUT2D eigenvalue weighted by Crippen LogP contribution is -2.45. The van der Waals surface area contributed by atoms with Crippen molar-refractivity contribution in [3.63, 3.8) is 0 Å². The summed E-state index contributed by atoms with van der Waals surface area (Å²) in [5.41, 5.74) is 5.13. The highest BCUT2D eigenvalue weighted by Gasteiger charge is 2.14. The van der Waals surface area contributed by atoms with Gasteiger partial charge in [0.15, 0.2) is 0 Å². The molecule has 0 saturated carbocycles. The van der Waals surface area contributed by atoms with Gasteiger partial charge < -0.3 is 16.2 Å². The highest BCUT2D eigenvalue weighted by molar-refractivity contribution is 5.79. The summed E-state index contributed by atoms with van der Waals surface area (Å²) in [5.74, 6) is -0.331. The van der Waals surface area contributed by atoms with E-state index in [9.17, 15) is 4.79 Å². The molecule has 0 spiro atoms. The number of amides is 1. The van der Waals surface area contributed by atoms with Gasteiger partial charge >= 0.3 is 0 Å². The predicted molar refractivity (Wildman–Crippen MR) is 47.6 cm³/mol. The Labute approximate surface area is 73.1 Å². The van der Waals surface area contributed by atoms with Gasteiger partial charge in [-0.05, 0) is 19.8 Å². The maximum Gasteiger partial charge on any atom is 0.234 e. The molecule has 2 unspecified atom stereocenters. The highest BCUT2D eigenvalue weighted by atomic mass is 16.3. The van der Waals surface area contributed by atoms with Gasteiger partial charge in [-0.3, -0.25) is 4.79 Å². The molecule has 0 aliphatic rings. The molecule has 0 bridgehead atoms. The Bertz CT molecular complexity index is 139. The van der Waals surface area contributed by atoms with E-state index in [4.69, 9.17) is 10.8 Å². The van der Waals surface area contributed by atoms with Gasteiger partial charge in [-0.15, -0.1) is 0 Å². The van der Waals surface area contributed by atoms with E-state index in [1.165, 1.54) is 0 Å². The second-order valence-electron chi connectivity index (χ2n) is 2.94. The number of nitrogens with one attached hydrogen (secondary N) is 1. The number of aliphatic hydroxyl groups excluding tert-OH is 1. The topological polar surface area (TPSA) is 75.3 Å².